The first-order chi connectivity index (χ1) is 29.3. The lowest BCUT2D eigenvalue weighted by Gasteiger charge is -2.33. The molecule has 0 unspecified atom stereocenters. The Morgan fingerprint density at radius 2 is 1.28 bits per heavy atom. The van der Waals surface area contributed by atoms with E-state index in [0.717, 1.165) is 105 Å². The number of phenols is 1. The molecule has 0 radical (unpaired) electrons. The Hall–Kier alpha value is -7.70. The second kappa shape index (κ2) is 11.7. The van der Waals surface area contributed by atoms with E-state index in [1.807, 2.05) is 30.5 Å². The van der Waals surface area contributed by atoms with Crippen LogP contribution in [-0.2, 0) is 5.41 Å². The van der Waals surface area contributed by atoms with Crippen LogP contribution in [0.3, 0.4) is 0 Å². The summed E-state index contributed by atoms with van der Waals surface area (Å²) in [5.41, 5.74) is 13.7. The molecule has 5 heterocycles. The van der Waals surface area contributed by atoms with E-state index in [1.165, 1.54) is 5.56 Å². The molecule has 2 aromatic heterocycles. The minimum Gasteiger partial charge on any atom is -0.504 e. The molecule has 8 aromatic carbocycles. The van der Waals surface area contributed by atoms with Gasteiger partial charge in [0.1, 0.15) is 5.52 Å². The van der Waals surface area contributed by atoms with Crippen molar-refractivity contribution in [1.29, 1.82) is 0 Å². The lowest BCUT2D eigenvalue weighted by molar-refractivity contribution is 0.413. The Morgan fingerprint density at radius 3 is 2.12 bits per heavy atom. The van der Waals surface area contributed by atoms with Crippen LogP contribution in [0.4, 0.5) is 0 Å². The summed E-state index contributed by atoms with van der Waals surface area (Å²) < 4.78 is 11.4. The SMILES string of the molecule is CC(C)(C)c1cc(-c2cc(-c3ccccc3)ccn2)cc(-c2ccc3c4ccc5cccc6c5c4c4c5c7c(c(O)c4c3n2)Oc2ccccc2-n7c2ccccc2n6-5)c1. The Kier molecular flexibility index (Phi) is 6.49. The molecule has 0 atom stereocenters. The van der Waals surface area contributed by atoms with Gasteiger partial charge >= 0.3 is 0 Å². The van der Waals surface area contributed by atoms with Gasteiger partial charge in [0.2, 0.25) is 0 Å². The highest BCUT2D eigenvalue weighted by atomic mass is 16.5. The summed E-state index contributed by atoms with van der Waals surface area (Å²) in [4.78, 5) is 10.5. The van der Waals surface area contributed by atoms with Crippen LogP contribution in [-0.4, -0.2) is 24.2 Å². The van der Waals surface area contributed by atoms with Crippen molar-refractivity contribution < 1.29 is 9.84 Å². The van der Waals surface area contributed by atoms with Crippen LogP contribution >= 0.6 is 0 Å². The predicted octanol–water partition coefficient (Wildman–Crippen LogP) is 14.0. The molecule has 284 valence electrons. The smallest absolute Gasteiger partial charge is 0.196 e. The Labute approximate surface area is 344 Å². The number of fused-ring (bicyclic) bond motifs is 9. The normalized spacial score (nSPS) is 12.8. The zero-order valence-electron chi connectivity index (χ0n) is 33.2. The summed E-state index contributed by atoms with van der Waals surface area (Å²) in [5, 5.41) is 20.0. The number of rotatable bonds is 3. The number of pyridine rings is 3. The minimum absolute atomic E-state index is 0.0848. The van der Waals surface area contributed by atoms with Crippen LogP contribution in [0.5, 0.6) is 17.2 Å². The van der Waals surface area contributed by atoms with E-state index in [1.54, 1.807) is 0 Å². The molecule has 0 amide bonds. The van der Waals surface area contributed by atoms with Gasteiger partial charge in [-0.05, 0) is 106 Å². The summed E-state index contributed by atoms with van der Waals surface area (Å²) >= 11 is 0. The number of aromatic hydroxyl groups is 1. The second-order valence-corrected chi connectivity index (χ2v) is 17.2. The molecular weight excluding hydrogens is 737 g/mol. The third kappa shape index (κ3) is 4.42. The van der Waals surface area contributed by atoms with Crippen molar-refractivity contribution >= 4 is 65.3 Å². The summed E-state index contributed by atoms with van der Waals surface area (Å²) in [6, 6.07) is 53.3. The van der Waals surface area contributed by atoms with Crippen molar-refractivity contribution in [2.75, 3.05) is 0 Å². The number of hydrogen-bond acceptors (Lipinski definition) is 4. The van der Waals surface area contributed by atoms with Gasteiger partial charge in [-0.2, -0.15) is 0 Å². The fourth-order valence-electron chi connectivity index (χ4n) is 9.92. The Balaban J connectivity index is 1.16. The second-order valence-electron chi connectivity index (χ2n) is 17.2. The van der Waals surface area contributed by atoms with Gasteiger partial charge in [-0.1, -0.05) is 99.6 Å². The fourth-order valence-corrected chi connectivity index (χ4v) is 9.92. The highest BCUT2D eigenvalue weighted by Gasteiger charge is 2.35. The molecule has 0 bridgehead atoms. The number of hydrogen-bond donors (Lipinski definition) is 1. The van der Waals surface area contributed by atoms with Crippen LogP contribution in [0.25, 0.3) is 110 Å². The van der Waals surface area contributed by atoms with Crippen molar-refractivity contribution in [2.24, 2.45) is 0 Å². The van der Waals surface area contributed by atoms with Crippen LogP contribution in [0.1, 0.15) is 26.3 Å². The van der Waals surface area contributed by atoms with Crippen molar-refractivity contribution in [3.63, 3.8) is 0 Å². The zero-order valence-corrected chi connectivity index (χ0v) is 33.2. The molecule has 6 heteroatoms. The van der Waals surface area contributed by atoms with Gasteiger partial charge in [-0.3, -0.25) is 9.55 Å². The molecule has 13 rings (SSSR count). The lowest BCUT2D eigenvalue weighted by Crippen LogP contribution is -2.16. The van der Waals surface area contributed by atoms with Crippen molar-refractivity contribution in [3.8, 4) is 62.3 Å². The lowest BCUT2D eigenvalue weighted by atomic mass is 9.84. The van der Waals surface area contributed by atoms with E-state index in [4.69, 9.17) is 14.7 Å². The van der Waals surface area contributed by atoms with E-state index in [0.29, 0.717) is 16.9 Å². The minimum atomic E-state index is -0.142. The first-order valence-corrected chi connectivity index (χ1v) is 20.5. The third-order valence-electron chi connectivity index (χ3n) is 12.7. The first-order valence-electron chi connectivity index (χ1n) is 20.5. The predicted molar refractivity (Wildman–Crippen MR) is 245 cm³/mol. The van der Waals surface area contributed by atoms with Crippen molar-refractivity contribution in [3.05, 3.63) is 163 Å². The topological polar surface area (TPSA) is 65.1 Å². The average Bonchev–Trinajstić information content (AvgIpc) is 3.29. The van der Waals surface area contributed by atoms with Crippen molar-refractivity contribution in [2.45, 2.75) is 26.2 Å². The fraction of sp³-hybridized carbons (Fsp3) is 0.0741. The number of nitrogens with zero attached hydrogens (tertiary/aromatic N) is 4. The third-order valence-corrected chi connectivity index (χ3v) is 12.7. The van der Waals surface area contributed by atoms with Gasteiger partial charge in [0.25, 0.3) is 0 Å². The monoisotopic (exact) mass is 772 g/mol. The Morgan fingerprint density at radius 1 is 0.550 bits per heavy atom. The number of ether oxygens (including phenoxy) is 1. The van der Waals surface area contributed by atoms with Gasteiger partial charge in [-0.25, -0.2) is 4.98 Å². The molecule has 10 aromatic rings. The molecule has 60 heavy (non-hydrogen) atoms. The molecule has 0 fully saturated rings. The molecule has 0 spiro atoms. The first kappa shape index (κ1) is 33.3. The number of para-hydroxylation sites is 4. The molecule has 0 saturated carbocycles. The number of phenolic OH excluding ortho intramolecular Hbond substituents is 1. The van der Waals surface area contributed by atoms with Crippen LogP contribution in [0.2, 0.25) is 0 Å². The molecule has 1 N–H and O–H groups in total. The van der Waals surface area contributed by atoms with Gasteiger partial charge in [0, 0.05) is 38.9 Å². The standard InChI is InChI=1S/C54H36N4O2/c1-54(2,3)35-27-33(26-34(28-35)39-29-32(24-25-55-39)30-12-5-4-6-13-30)38-23-22-37-36-21-20-31-14-11-18-43-45(31)46(36)47-48(49(37)56-38)52(59)53-51-50(47)58(43)41-16-8-7-15-40(41)57(51)42-17-9-10-19-44(42)60-53/h4-29,59H,1-3H3. The van der Waals surface area contributed by atoms with E-state index < -0.39 is 0 Å². The molecule has 0 aliphatic carbocycles. The maximum atomic E-state index is 12.9. The number of benzene rings is 8. The molecular formula is C54H36N4O2. The summed E-state index contributed by atoms with van der Waals surface area (Å²) in [7, 11) is 0. The van der Waals surface area contributed by atoms with Gasteiger partial charge in [-0.15, -0.1) is 0 Å². The quantitative estimate of drug-likeness (QED) is 0.143. The van der Waals surface area contributed by atoms with E-state index in [2.05, 4.69) is 157 Å². The van der Waals surface area contributed by atoms with Gasteiger partial charge in [0.15, 0.2) is 17.2 Å². The summed E-state index contributed by atoms with van der Waals surface area (Å²) in [6.07, 6.45) is 1.89. The maximum Gasteiger partial charge on any atom is 0.196 e. The summed E-state index contributed by atoms with van der Waals surface area (Å²) in [5.74, 6) is 1.20. The molecule has 3 aliphatic heterocycles. The van der Waals surface area contributed by atoms with E-state index in [-0.39, 0.29) is 11.2 Å². The van der Waals surface area contributed by atoms with Crippen LogP contribution in [0.15, 0.2) is 158 Å². The van der Waals surface area contributed by atoms with Crippen LogP contribution in [0, 0.1) is 0 Å². The van der Waals surface area contributed by atoms with E-state index in [9.17, 15) is 5.11 Å². The van der Waals surface area contributed by atoms with Gasteiger partial charge in [0.05, 0.1) is 50.2 Å². The van der Waals surface area contributed by atoms with Crippen molar-refractivity contribution in [1.82, 2.24) is 19.1 Å². The number of aromatic nitrogens is 4. The largest absolute Gasteiger partial charge is 0.504 e. The van der Waals surface area contributed by atoms with Gasteiger partial charge < -0.3 is 14.4 Å². The zero-order chi connectivity index (χ0) is 40.0. The van der Waals surface area contributed by atoms with Crippen LogP contribution < -0.4 is 4.74 Å². The summed E-state index contributed by atoms with van der Waals surface area (Å²) in [6.45, 7) is 6.73. The van der Waals surface area contributed by atoms with E-state index >= 15 is 0 Å². The highest BCUT2D eigenvalue weighted by molar-refractivity contribution is 6.39. The molecule has 0 saturated heterocycles. The Bertz CT molecular complexity index is 3740. The molecule has 3 aliphatic rings. The molecule has 6 nitrogen and oxygen atoms in total. The maximum absolute atomic E-state index is 12.9. The average molecular weight is 773 g/mol. The highest BCUT2D eigenvalue weighted by Crippen LogP contribution is 2.57.